The predicted molar refractivity (Wildman–Crippen MR) is 152 cm³/mol. The number of hydrogen-bond donors (Lipinski definition) is 1. The van der Waals surface area contributed by atoms with Crippen molar-refractivity contribution >= 4 is 74.6 Å². The first kappa shape index (κ1) is 25.9. The van der Waals surface area contributed by atoms with Crippen molar-refractivity contribution in [2.45, 2.75) is 6.61 Å². The number of amides is 3. The Morgan fingerprint density at radius 2 is 1.71 bits per heavy atom. The van der Waals surface area contributed by atoms with Gasteiger partial charge in [0.2, 0.25) is 5.91 Å². The second kappa shape index (κ2) is 11.3. The van der Waals surface area contributed by atoms with E-state index in [9.17, 15) is 14.4 Å². The maximum absolute atomic E-state index is 13.1. The number of anilines is 1. The first-order valence-corrected chi connectivity index (χ1v) is 13.1. The van der Waals surface area contributed by atoms with Crippen LogP contribution in [0, 0.1) is 0 Å². The summed E-state index contributed by atoms with van der Waals surface area (Å²) in [5.74, 6) is -0.490. The van der Waals surface area contributed by atoms with Crippen molar-refractivity contribution in [2.24, 2.45) is 0 Å². The number of benzene rings is 4. The van der Waals surface area contributed by atoms with Crippen LogP contribution in [0.25, 0.3) is 16.8 Å². The molecule has 0 unspecified atom stereocenters. The molecule has 0 bridgehead atoms. The van der Waals surface area contributed by atoms with Gasteiger partial charge in [0.25, 0.3) is 11.1 Å². The Bertz CT molecular complexity index is 1600. The van der Waals surface area contributed by atoms with Crippen LogP contribution in [0.2, 0.25) is 10.0 Å². The van der Waals surface area contributed by atoms with Crippen LogP contribution in [0.4, 0.5) is 10.5 Å². The number of fused-ring (bicyclic) bond motifs is 1. The van der Waals surface area contributed by atoms with Gasteiger partial charge in [-0.05, 0) is 47.5 Å². The zero-order valence-electron chi connectivity index (χ0n) is 19.8. The highest BCUT2D eigenvalue weighted by atomic mass is 35.5. The second-order valence-electron chi connectivity index (χ2n) is 8.40. The van der Waals surface area contributed by atoms with Crippen LogP contribution in [0.15, 0.2) is 89.8 Å². The van der Waals surface area contributed by atoms with Gasteiger partial charge in [-0.3, -0.25) is 19.3 Å². The fourth-order valence-electron chi connectivity index (χ4n) is 3.97. The molecule has 5 rings (SSSR count). The number of nitrogens with zero attached hydrogens (tertiary/aromatic N) is 1. The lowest BCUT2D eigenvalue weighted by molar-refractivity contribution is -0.127. The highest BCUT2D eigenvalue weighted by molar-refractivity contribution is 8.18. The van der Waals surface area contributed by atoms with Gasteiger partial charge in [-0.25, -0.2) is 0 Å². The lowest BCUT2D eigenvalue weighted by atomic mass is 10.1. The Balaban J connectivity index is 1.29. The average molecular weight is 563 g/mol. The smallest absolute Gasteiger partial charge is 0.294 e. The Hall–Kier alpha value is -3.78. The van der Waals surface area contributed by atoms with Crippen LogP contribution >= 0.6 is 35.0 Å². The highest BCUT2D eigenvalue weighted by Gasteiger charge is 2.36. The number of carbonyl (C=O) groups is 3. The van der Waals surface area contributed by atoms with Crippen molar-refractivity contribution in [3.63, 3.8) is 0 Å². The monoisotopic (exact) mass is 562 g/mol. The summed E-state index contributed by atoms with van der Waals surface area (Å²) in [6, 6.07) is 25.5. The standard InChI is InChI=1S/C29H20Cl2N2O4S/c30-21-13-12-20(23(31)15-21)17-37-25-11-4-2-7-19(25)14-26-28(35)33(29(36)38-26)16-27(34)32-24-10-5-8-18-6-1-3-9-22(18)24/h1-15H,16-17H2,(H,32,34)/b26-14+. The molecule has 1 heterocycles. The fraction of sp³-hybridized carbons (Fsp3) is 0.0690. The van der Waals surface area contributed by atoms with E-state index in [2.05, 4.69) is 5.32 Å². The van der Waals surface area contributed by atoms with Crippen LogP contribution < -0.4 is 10.1 Å². The summed E-state index contributed by atoms with van der Waals surface area (Å²) >= 11 is 13.0. The summed E-state index contributed by atoms with van der Waals surface area (Å²) in [7, 11) is 0. The van der Waals surface area contributed by atoms with Gasteiger partial charge in [-0.1, -0.05) is 83.9 Å². The van der Waals surface area contributed by atoms with Gasteiger partial charge in [0.1, 0.15) is 18.9 Å². The van der Waals surface area contributed by atoms with E-state index in [-0.39, 0.29) is 11.5 Å². The van der Waals surface area contributed by atoms with E-state index in [1.807, 2.05) is 36.4 Å². The number of ether oxygens (including phenoxy) is 1. The molecule has 38 heavy (non-hydrogen) atoms. The summed E-state index contributed by atoms with van der Waals surface area (Å²) in [5.41, 5.74) is 1.98. The van der Waals surface area contributed by atoms with Gasteiger partial charge in [-0.2, -0.15) is 0 Å². The molecule has 1 aliphatic heterocycles. The molecule has 9 heteroatoms. The first-order chi connectivity index (χ1) is 18.4. The van der Waals surface area contributed by atoms with Crippen molar-refractivity contribution in [1.82, 2.24) is 4.90 Å². The molecular weight excluding hydrogens is 543 g/mol. The van der Waals surface area contributed by atoms with E-state index >= 15 is 0 Å². The van der Waals surface area contributed by atoms with Gasteiger partial charge in [0.15, 0.2) is 0 Å². The molecular formula is C29H20Cl2N2O4S. The third-order valence-electron chi connectivity index (χ3n) is 5.84. The summed E-state index contributed by atoms with van der Waals surface area (Å²) in [5, 5.41) is 5.15. The van der Waals surface area contributed by atoms with Crippen molar-refractivity contribution < 1.29 is 19.1 Å². The third kappa shape index (κ3) is 5.70. The van der Waals surface area contributed by atoms with Crippen molar-refractivity contribution in [3.05, 3.63) is 111 Å². The largest absolute Gasteiger partial charge is 0.488 e. The van der Waals surface area contributed by atoms with E-state index in [0.29, 0.717) is 27.0 Å². The van der Waals surface area contributed by atoms with Crippen LogP contribution in [0.5, 0.6) is 5.75 Å². The SMILES string of the molecule is O=C(CN1C(=O)S/C(=C/c2ccccc2OCc2ccc(Cl)cc2Cl)C1=O)Nc1cccc2ccccc12. The Labute approximate surface area is 233 Å². The van der Waals surface area contributed by atoms with Gasteiger partial charge in [0.05, 0.1) is 4.91 Å². The van der Waals surface area contributed by atoms with Crippen molar-refractivity contribution in [1.29, 1.82) is 0 Å². The first-order valence-electron chi connectivity index (χ1n) is 11.6. The predicted octanol–water partition coefficient (Wildman–Crippen LogP) is 7.40. The Kier molecular flexibility index (Phi) is 7.69. The normalized spacial score (nSPS) is 14.4. The molecule has 0 saturated carbocycles. The second-order valence-corrected chi connectivity index (χ2v) is 10.2. The lowest BCUT2D eigenvalue weighted by Crippen LogP contribution is -2.36. The van der Waals surface area contributed by atoms with Gasteiger partial charge < -0.3 is 10.1 Å². The molecule has 6 nitrogen and oxygen atoms in total. The number of hydrogen-bond acceptors (Lipinski definition) is 5. The summed E-state index contributed by atoms with van der Waals surface area (Å²) in [4.78, 5) is 39.6. The number of carbonyl (C=O) groups excluding carboxylic acids is 3. The maximum atomic E-state index is 13.1. The average Bonchev–Trinajstić information content (AvgIpc) is 3.16. The van der Waals surface area contributed by atoms with Gasteiger partial charge in [0, 0.05) is 32.2 Å². The molecule has 4 aromatic carbocycles. The zero-order chi connectivity index (χ0) is 26.6. The number of imide groups is 1. The minimum atomic E-state index is -0.538. The van der Waals surface area contributed by atoms with E-state index in [4.69, 9.17) is 27.9 Å². The third-order valence-corrected chi connectivity index (χ3v) is 7.34. The van der Waals surface area contributed by atoms with Crippen LogP contribution in [-0.2, 0) is 16.2 Å². The minimum absolute atomic E-state index is 0.191. The number of rotatable bonds is 7. The molecule has 0 aliphatic carbocycles. The molecule has 0 aromatic heterocycles. The Morgan fingerprint density at radius 3 is 2.55 bits per heavy atom. The van der Waals surface area contributed by atoms with Crippen LogP contribution in [0.1, 0.15) is 11.1 Å². The van der Waals surface area contributed by atoms with Gasteiger partial charge in [-0.15, -0.1) is 0 Å². The quantitative estimate of drug-likeness (QED) is 0.237. The molecule has 0 radical (unpaired) electrons. The van der Waals surface area contributed by atoms with Crippen molar-refractivity contribution in [2.75, 3.05) is 11.9 Å². The van der Waals surface area contributed by atoms with E-state index in [1.165, 1.54) is 0 Å². The zero-order valence-corrected chi connectivity index (χ0v) is 22.1. The number of para-hydroxylation sites is 1. The molecule has 0 spiro atoms. The molecule has 4 aromatic rings. The Morgan fingerprint density at radius 1 is 0.947 bits per heavy atom. The van der Waals surface area contributed by atoms with Gasteiger partial charge >= 0.3 is 0 Å². The molecule has 190 valence electrons. The molecule has 0 atom stereocenters. The molecule has 1 aliphatic rings. The topological polar surface area (TPSA) is 75.7 Å². The number of halogens is 2. The lowest BCUT2D eigenvalue weighted by Gasteiger charge is -2.14. The van der Waals surface area contributed by atoms with Crippen LogP contribution in [-0.4, -0.2) is 28.5 Å². The maximum Gasteiger partial charge on any atom is 0.294 e. The minimum Gasteiger partial charge on any atom is -0.488 e. The number of thioether (sulfide) groups is 1. The summed E-state index contributed by atoms with van der Waals surface area (Å²) in [6.07, 6.45) is 1.59. The van der Waals surface area contributed by atoms with E-state index in [0.717, 1.165) is 33.0 Å². The molecule has 3 amide bonds. The summed E-state index contributed by atoms with van der Waals surface area (Å²) < 4.78 is 5.95. The fourth-order valence-corrected chi connectivity index (χ4v) is 5.26. The molecule has 1 N–H and O–H groups in total. The summed E-state index contributed by atoms with van der Waals surface area (Å²) in [6.45, 7) is -0.199. The van der Waals surface area contributed by atoms with E-state index < -0.39 is 23.6 Å². The van der Waals surface area contributed by atoms with Crippen molar-refractivity contribution in [3.8, 4) is 5.75 Å². The van der Waals surface area contributed by atoms with E-state index in [1.54, 1.807) is 54.6 Å². The number of nitrogens with one attached hydrogen (secondary N) is 1. The molecule has 1 saturated heterocycles. The highest BCUT2D eigenvalue weighted by Crippen LogP contribution is 2.34. The van der Waals surface area contributed by atoms with Crippen LogP contribution in [0.3, 0.4) is 0 Å². The molecule has 1 fully saturated rings.